The number of benzene rings is 2. The van der Waals surface area contributed by atoms with E-state index in [0.717, 1.165) is 6.42 Å². The van der Waals surface area contributed by atoms with E-state index in [-0.39, 0.29) is 35.0 Å². The van der Waals surface area contributed by atoms with Gasteiger partial charge in [0, 0.05) is 21.9 Å². The van der Waals surface area contributed by atoms with Gasteiger partial charge in [-0.3, -0.25) is 4.79 Å². The van der Waals surface area contributed by atoms with Gasteiger partial charge in [0.15, 0.2) is 5.76 Å². The van der Waals surface area contributed by atoms with Gasteiger partial charge in [-0.2, -0.15) is 0 Å². The number of carbonyl (C=O) groups excluding carboxylic acids is 1. The minimum atomic E-state index is -2.14. The molecule has 162 valence electrons. The number of hydrogen-bond donors (Lipinski definition) is 2. The fraction of sp³-hybridized carbons (Fsp3) is 0.458. The van der Waals surface area contributed by atoms with E-state index in [1.54, 1.807) is 46.9 Å². The molecule has 0 fully saturated rings. The normalized spacial score (nSPS) is 18.9. The molecule has 0 amide bonds. The lowest BCUT2D eigenvalue weighted by atomic mass is 9.73. The first kappa shape index (κ1) is 22.0. The molecule has 0 saturated carbocycles. The van der Waals surface area contributed by atoms with Gasteiger partial charge >= 0.3 is 0 Å². The number of carbonyl (C=O) groups is 1. The lowest BCUT2D eigenvalue weighted by molar-refractivity contribution is -0.152. The minimum absolute atomic E-state index is 0.00447. The Labute approximate surface area is 177 Å². The molecular formula is C24H30O6. The maximum Gasteiger partial charge on any atom is 0.245 e. The monoisotopic (exact) mass is 414 g/mol. The van der Waals surface area contributed by atoms with Crippen LogP contribution in [0.4, 0.5) is 0 Å². The Morgan fingerprint density at radius 3 is 2.17 bits per heavy atom. The predicted octanol–water partition coefficient (Wildman–Crippen LogP) is 4.34. The van der Waals surface area contributed by atoms with Crippen molar-refractivity contribution in [1.82, 2.24) is 0 Å². The molecule has 0 aliphatic heterocycles. The Balaban J connectivity index is 2.37. The zero-order valence-corrected chi connectivity index (χ0v) is 18.4. The highest BCUT2D eigenvalue weighted by Gasteiger charge is 2.60. The van der Waals surface area contributed by atoms with E-state index in [1.165, 1.54) is 0 Å². The van der Waals surface area contributed by atoms with Crippen LogP contribution in [0.3, 0.4) is 0 Å². The van der Waals surface area contributed by atoms with Crippen LogP contribution < -0.4 is 4.74 Å². The predicted molar refractivity (Wildman–Crippen MR) is 115 cm³/mol. The van der Waals surface area contributed by atoms with Gasteiger partial charge in [0.05, 0.1) is 19.3 Å². The molecule has 1 aliphatic carbocycles. The van der Waals surface area contributed by atoms with Crippen LogP contribution in [-0.4, -0.2) is 35.3 Å². The van der Waals surface area contributed by atoms with E-state index >= 15 is 0 Å². The average Bonchev–Trinajstić information content (AvgIpc) is 2.70. The molecule has 0 saturated heterocycles. The summed E-state index contributed by atoms with van der Waals surface area (Å²) in [7, 11) is 1.54. The number of methoxy groups -OCH3 is 1. The SMILES string of the molecule is CCCc1c(C2(O)C(=O)C(OC(C)C)=C2OC(C)C)c(O)c2ccccc2c1OC. The van der Waals surface area contributed by atoms with E-state index in [2.05, 4.69) is 0 Å². The summed E-state index contributed by atoms with van der Waals surface area (Å²) in [5, 5.41) is 24.1. The van der Waals surface area contributed by atoms with Gasteiger partial charge in [-0.1, -0.05) is 37.6 Å². The maximum atomic E-state index is 13.2. The molecule has 6 nitrogen and oxygen atoms in total. The lowest BCUT2D eigenvalue weighted by Gasteiger charge is -2.41. The molecule has 0 heterocycles. The molecule has 1 unspecified atom stereocenters. The van der Waals surface area contributed by atoms with E-state index in [1.807, 2.05) is 19.1 Å². The third-order valence-corrected chi connectivity index (χ3v) is 5.08. The van der Waals surface area contributed by atoms with Gasteiger partial charge in [0.2, 0.25) is 17.1 Å². The molecular weight excluding hydrogens is 384 g/mol. The van der Waals surface area contributed by atoms with Crippen molar-refractivity contribution in [3.05, 3.63) is 46.9 Å². The Morgan fingerprint density at radius 1 is 1.03 bits per heavy atom. The number of phenolic OH excluding ortho intramolecular Hbond substituents is 1. The van der Waals surface area contributed by atoms with Gasteiger partial charge in [0.25, 0.3) is 0 Å². The number of fused-ring (bicyclic) bond motifs is 1. The van der Waals surface area contributed by atoms with Crippen molar-refractivity contribution >= 4 is 16.6 Å². The molecule has 1 atom stereocenters. The largest absolute Gasteiger partial charge is 0.507 e. The fourth-order valence-corrected chi connectivity index (χ4v) is 3.97. The summed E-state index contributed by atoms with van der Waals surface area (Å²) in [5.41, 5.74) is -1.45. The number of hydrogen-bond acceptors (Lipinski definition) is 6. The summed E-state index contributed by atoms with van der Waals surface area (Å²) in [6.07, 6.45) is 0.658. The molecule has 0 radical (unpaired) electrons. The Hall–Kier alpha value is -2.73. The standard InChI is InChI=1S/C24H30O6/c1-7-10-17-18(19(25)15-11-8-9-12-16(15)20(17)28-6)24(27)22(26)21(29-13(2)3)23(24)30-14(4)5/h8-9,11-14,25,27H,7,10H2,1-6H3. The fourth-order valence-electron chi connectivity index (χ4n) is 3.97. The number of phenols is 1. The Kier molecular flexibility index (Phi) is 5.99. The van der Waals surface area contributed by atoms with Gasteiger partial charge in [-0.15, -0.1) is 0 Å². The van der Waals surface area contributed by atoms with Gasteiger partial charge < -0.3 is 24.4 Å². The van der Waals surface area contributed by atoms with Crippen molar-refractivity contribution in [2.24, 2.45) is 0 Å². The molecule has 0 bridgehead atoms. The van der Waals surface area contributed by atoms with E-state index in [0.29, 0.717) is 28.5 Å². The van der Waals surface area contributed by atoms with Gasteiger partial charge in [-0.25, -0.2) is 0 Å². The van der Waals surface area contributed by atoms with Gasteiger partial charge in [-0.05, 0) is 34.1 Å². The second-order valence-corrected chi connectivity index (χ2v) is 8.06. The van der Waals surface area contributed by atoms with E-state index < -0.39 is 11.4 Å². The molecule has 3 rings (SSSR count). The number of Topliss-reactive ketones (excluding diaryl/α,β-unsaturated/α-hetero) is 1. The van der Waals surface area contributed by atoms with Crippen molar-refractivity contribution < 1.29 is 29.2 Å². The first-order valence-corrected chi connectivity index (χ1v) is 10.3. The van der Waals surface area contributed by atoms with Crippen LogP contribution in [0.5, 0.6) is 11.5 Å². The van der Waals surface area contributed by atoms with Crippen LogP contribution >= 0.6 is 0 Å². The summed E-state index contributed by atoms with van der Waals surface area (Å²) >= 11 is 0. The van der Waals surface area contributed by atoms with Crippen LogP contribution in [-0.2, 0) is 26.3 Å². The van der Waals surface area contributed by atoms with Crippen LogP contribution in [0.2, 0.25) is 0 Å². The number of aromatic hydroxyl groups is 1. The highest BCUT2D eigenvalue weighted by molar-refractivity contribution is 6.12. The van der Waals surface area contributed by atoms with Crippen LogP contribution in [0, 0.1) is 0 Å². The van der Waals surface area contributed by atoms with Crippen molar-refractivity contribution in [3.63, 3.8) is 0 Å². The third-order valence-electron chi connectivity index (χ3n) is 5.08. The van der Waals surface area contributed by atoms with Crippen LogP contribution in [0.1, 0.15) is 52.2 Å². The van der Waals surface area contributed by atoms with E-state index in [9.17, 15) is 15.0 Å². The summed E-state index contributed by atoms with van der Waals surface area (Å²) < 4.78 is 17.2. The highest BCUT2D eigenvalue weighted by Crippen LogP contribution is 2.53. The molecule has 1 aliphatic rings. The molecule has 0 spiro atoms. The number of ether oxygens (including phenoxy) is 3. The molecule has 2 aromatic carbocycles. The van der Waals surface area contributed by atoms with E-state index in [4.69, 9.17) is 14.2 Å². The molecule has 6 heteroatoms. The Bertz CT molecular complexity index is 1000. The quantitative estimate of drug-likeness (QED) is 0.668. The third kappa shape index (κ3) is 3.29. The zero-order chi connectivity index (χ0) is 22.2. The summed E-state index contributed by atoms with van der Waals surface area (Å²) in [6.45, 7) is 9.18. The molecule has 2 aromatic rings. The number of rotatable bonds is 8. The molecule has 0 aromatic heterocycles. The molecule has 2 N–H and O–H groups in total. The highest BCUT2D eigenvalue weighted by atomic mass is 16.6. The first-order chi connectivity index (χ1) is 14.2. The van der Waals surface area contributed by atoms with Crippen molar-refractivity contribution in [2.75, 3.05) is 7.11 Å². The topological polar surface area (TPSA) is 85.2 Å². The van der Waals surface area contributed by atoms with Crippen molar-refractivity contribution in [1.29, 1.82) is 0 Å². The maximum absolute atomic E-state index is 13.2. The van der Waals surface area contributed by atoms with Gasteiger partial charge in [0.1, 0.15) is 11.5 Å². The summed E-state index contributed by atoms with van der Waals surface area (Å²) in [5.74, 6) is -0.226. The van der Waals surface area contributed by atoms with Crippen LogP contribution in [0.25, 0.3) is 10.8 Å². The summed E-state index contributed by atoms with van der Waals surface area (Å²) in [4.78, 5) is 13.2. The van der Waals surface area contributed by atoms with Crippen LogP contribution in [0.15, 0.2) is 35.8 Å². The second-order valence-electron chi connectivity index (χ2n) is 8.06. The number of aliphatic hydroxyl groups is 1. The van der Waals surface area contributed by atoms with Crippen molar-refractivity contribution in [2.45, 2.75) is 65.3 Å². The van der Waals surface area contributed by atoms with Crippen molar-refractivity contribution in [3.8, 4) is 11.5 Å². The second kappa shape index (κ2) is 8.19. The summed E-state index contributed by atoms with van der Waals surface area (Å²) in [6, 6.07) is 7.21. The zero-order valence-electron chi connectivity index (χ0n) is 18.4. The number of ketones is 1. The Morgan fingerprint density at radius 2 is 1.63 bits per heavy atom. The smallest absolute Gasteiger partial charge is 0.245 e. The first-order valence-electron chi connectivity index (χ1n) is 10.3. The lowest BCUT2D eigenvalue weighted by Crippen LogP contribution is -2.51. The molecule has 30 heavy (non-hydrogen) atoms. The average molecular weight is 414 g/mol. The minimum Gasteiger partial charge on any atom is -0.507 e.